The summed E-state index contributed by atoms with van der Waals surface area (Å²) in [5.74, 6) is 0.873. The number of carbonyl (C=O) groups is 1. The Balaban J connectivity index is 1.95. The van der Waals surface area contributed by atoms with Gasteiger partial charge in [0.1, 0.15) is 0 Å². The smallest absolute Gasteiger partial charge is 0.262 e. The number of nitrogens with zero attached hydrogens (tertiary/aromatic N) is 1. The van der Waals surface area contributed by atoms with Crippen LogP contribution in [0.25, 0.3) is 10.9 Å². The third-order valence-electron chi connectivity index (χ3n) is 4.69. The minimum atomic E-state index is -0.376. The monoisotopic (exact) mass is 445 g/mol. The molecular formula is C21H23N3O6S. The lowest BCUT2D eigenvalue weighted by Gasteiger charge is -2.15. The van der Waals surface area contributed by atoms with Crippen LogP contribution in [0.4, 0.5) is 5.69 Å². The van der Waals surface area contributed by atoms with Gasteiger partial charge in [-0.1, -0.05) is 0 Å². The lowest BCUT2D eigenvalue weighted by molar-refractivity contribution is 0.102. The number of aromatic nitrogens is 2. The molecule has 2 N–H and O–H groups in total. The molecule has 0 atom stereocenters. The van der Waals surface area contributed by atoms with Crippen LogP contribution in [0.15, 0.2) is 35.1 Å². The molecule has 0 saturated heterocycles. The molecule has 0 fully saturated rings. The summed E-state index contributed by atoms with van der Waals surface area (Å²) in [5.41, 5.74) is 1.04. The van der Waals surface area contributed by atoms with Crippen LogP contribution in [-0.4, -0.2) is 50.5 Å². The highest BCUT2D eigenvalue weighted by atomic mass is 32.1. The molecule has 2 aromatic carbocycles. The SMILES string of the molecule is COCCn1c(=S)[nH]c2cc(C(=O)Nc3cc(OC)c(OC)c(OC)c3)ccc2c1=O. The molecule has 1 amide bonds. The van der Waals surface area contributed by atoms with Crippen LogP contribution in [0.3, 0.4) is 0 Å². The molecule has 10 heteroatoms. The molecular weight excluding hydrogens is 422 g/mol. The first-order valence-corrected chi connectivity index (χ1v) is 9.71. The Kier molecular flexibility index (Phi) is 6.93. The number of fused-ring (bicyclic) bond motifs is 1. The van der Waals surface area contributed by atoms with E-state index in [-0.39, 0.29) is 16.2 Å². The van der Waals surface area contributed by atoms with E-state index in [1.807, 2.05) is 0 Å². The number of anilines is 1. The van der Waals surface area contributed by atoms with Crippen LogP contribution in [0.1, 0.15) is 10.4 Å². The summed E-state index contributed by atoms with van der Waals surface area (Å²) in [4.78, 5) is 28.5. The highest BCUT2D eigenvalue weighted by Crippen LogP contribution is 2.40. The number of aromatic amines is 1. The maximum absolute atomic E-state index is 12.8. The second-order valence-electron chi connectivity index (χ2n) is 6.51. The summed E-state index contributed by atoms with van der Waals surface area (Å²) in [6, 6.07) is 8.01. The first-order chi connectivity index (χ1) is 14.9. The van der Waals surface area contributed by atoms with Crippen molar-refractivity contribution in [2.45, 2.75) is 6.54 Å². The van der Waals surface area contributed by atoms with E-state index in [1.54, 1.807) is 37.4 Å². The van der Waals surface area contributed by atoms with Gasteiger partial charge in [-0.15, -0.1) is 0 Å². The van der Waals surface area contributed by atoms with Crippen LogP contribution in [-0.2, 0) is 11.3 Å². The number of H-pyrrole nitrogens is 1. The normalized spacial score (nSPS) is 10.7. The minimum absolute atomic E-state index is 0.243. The largest absolute Gasteiger partial charge is 0.493 e. The average molecular weight is 445 g/mol. The molecule has 0 radical (unpaired) electrons. The van der Waals surface area contributed by atoms with Gasteiger partial charge >= 0.3 is 0 Å². The fraction of sp³-hybridized carbons (Fsp3) is 0.286. The molecule has 0 saturated carbocycles. The van der Waals surface area contributed by atoms with Crippen molar-refractivity contribution >= 4 is 34.7 Å². The van der Waals surface area contributed by atoms with E-state index in [4.69, 9.17) is 31.2 Å². The van der Waals surface area contributed by atoms with E-state index in [1.165, 1.54) is 25.9 Å². The molecule has 0 aliphatic rings. The number of hydrogen-bond donors (Lipinski definition) is 2. The van der Waals surface area contributed by atoms with E-state index in [0.29, 0.717) is 52.6 Å². The van der Waals surface area contributed by atoms with Gasteiger partial charge in [0.05, 0.1) is 45.4 Å². The quantitative estimate of drug-likeness (QED) is 0.514. The predicted octanol–water partition coefficient (Wildman–Crippen LogP) is 2.98. The molecule has 0 bridgehead atoms. The van der Waals surface area contributed by atoms with Crippen molar-refractivity contribution < 1.29 is 23.7 Å². The summed E-state index contributed by atoms with van der Waals surface area (Å²) in [7, 11) is 6.04. The number of amides is 1. The minimum Gasteiger partial charge on any atom is -0.493 e. The number of methoxy groups -OCH3 is 4. The molecule has 9 nitrogen and oxygen atoms in total. The second-order valence-corrected chi connectivity index (χ2v) is 6.89. The zero-order valence-corrected chi connectivity index (χ0v) is 18.4. The zero-order chi connectivity index (χ0) is 22.5. The highest BCUT2D eigenvalue weighted by molar-refractivity contribution is 7.71. The first kappa shape index (κ1) is 22.3. The Labute approximate surface area is 183 Å². The third-order valence-corrected chi connectivity index (χ3v) is 5.01. The van der Waals surface area contributed by atoms with Crippen molar-refractivity contribution in [3.63, 3.8) is 0 Å². The Bertz CT molecular complexity index is 1210. The summed E-state index contributed by atoms with van der Waals surface area (Å²) >= 11 is 5.28. The molecule has 1 aromatic heterocycles. The van der Waals surface area contributed by atoms with Crippen molar-refractivity contribution in [2.24, 2.45) is 0 Å². The second kappa shape index (κ2) is 9.63. The Morgan fingerprint density at radius 2 is 1.74 bits per heavy atom. The summed E-state index contributed by atoms with van der Waals surface area (Å²) in [6.45, 7) is 0.697. The van der Waals surface area contributed by atoms with E-state index in [9.17, 15) is 9.59 Å². The summed E-state index contributed by atoms with van der Waals surface area (Å²) in [6.07, 6.45) is 0. The molecule has 0 spiro atoms. The van der Waals surface area contributed by atoms with Gasteiger partial charge in [-0.3, -0.25) is 14.2 Å². The zero-order valence-electron chi connectivity index (χ0n) is 17.6. The molecule has 1 heterocycles. The number of nitrogens with one attached hydrogen (secondary N) is 2. The topological polar surface area (TPSA) is 104 Å². The van der Waals surface area contributed by atoms with E-state index in [2.05, 4.69) is 10.3 Å². The Morgan fingerprint density at radius 1 is 1.06 bits per heavy atom. The molecule has 3 aromatic rings. The lowest BCUT2D eigenvalue weighted by atomic mass is 10.1. The standard InChI is InChI=1S/C21H23N3O6S/c1-27-8-7-24-20(26)14-6-5-12(9-15(14)23-21(24)31)19(25)22-13-10-16(28-2)18(30-4)17(11-13)29-3/h5-6,9-11H,7-8H2,1-4H3,(H,22,25)(H,23,31). The van der Waals surface area contributed by atoms with Gasteiger partial charge in [0.2, 0.25) is 5.75 Å². The van der Waals surface area contributed by atoms with Gasteiger partial charge in [0, 0.05) is 30.5 Å². The maximum Gasteiger partial charge on any atom is 0.262 e. The number of carbonyl (C=O) groups excluding carboxylic acids is 1. The number of hydrogen-bond acceptors (Lipinski definition) is 7. The van der Waals surface area contributed by atoms with Crippen LogP contribution >= 0.6 is 12.2 Å². The molecule has 164 valence electrons. The Hall–Kier alpha value is -3.37. The van der Waals surface area contributed by atoms with Gasteiger partial charge in [-0.25, -0.2) is 0 Å². The summed E-state index contributed by atoms with van der Waals surface area (Å²) in [5, 5.41) is 3.22. The van der Waals surface area contributed by atoms with Crippen molar-refractivity contribution in [1.29, 1.82) is 0 Å². The van der Waals surface area contributed by atoms with Crippen LogP contribution in [0, 0.1) is 4.77 Å². The van der Waals surface area contributed by atoms with Gasteiger partial charge in [-0.2, -0.15) is 0 Å². The molecule has 0 unspecified atom stereocenters. The molecule has 31 heavy (non-hydrogen) atoms. The van der Waals surface area contributed by atoms with E-state index in [0.717, 1.165) is 0 Å². The lowest BCUT2D eigenvalue weighted by Crippen LogP contribution is -2.24. The highest BCUT2D eigenvalue weighted by Gasteiger charge is 2.16. The molecule has 0 aliphatic carbocycles. The van der Waals surface area contributed by atoms with Crippen molar-refractivity contribution in [2.75, 3.05) is 40.4 Å². The van der Waals surface area contributed by atoms with Crippen LogP contribution < -0.4 is 25.1 Å². The number of rotatable bonds is 8. The van der Waals surface area contributed by atoms with E-state index >= 15 is 0 Å². The van der Waals surface area contributed by atoms with Crippen LogP contribution in [0.5, 0.6) is 17.2 Å². The van der Waals surface area contributed by atoms with Crippen LogP contribution in [0.2, 0.25) is 0 Å². The average Bonchev–Trinajstić information content (AvgIpc) is 2.77. The van der Waals surface area contributed by atoms with Gasteiger partial charge < -0.3 is 29.2 Å². The molecule has 3 rings (SSSR count). The van der Waals surface area contributed by atoms with Gasteiger partial charge in [-0.05, 0) is 30.4 Å². The fourth-order valence-corrected chi connectivity index (χ4v) is 3.42. The third kappa shape index (κ3) is 4.54. The fourth-order valence-electron chi connectivity index (χ4n) is 3.14. The maximum atomic E-state index is 12.8. The summed E-state index contributed by atoms with van der Waals surface area (Å²) < 4.78 is 22.6. The van der Waals surface area contributed by atoms with Crippen molar-refractivity contribution in [3.8, 4) is 17.2 Å². The van der Waals surface area contributed by atoms with Gasteiger partial charge in [0.15, 0.2) is 16.3 Å². The van der Waals surface area contributed by atoms with Crippen molar-refractivity contribution in [1.82, 2.24) is 9.55 Å². The number of benzene rings is 2. The van der Waals surface area contributed by atoms with Gasteiger partial charge in [0.25, 0.3) is 11.5 Å². The van der Waals surface area contributed by atoms with Crippen molar-refractivity contribution in [3.05, 3.63) is 51.0 Å². The number of ether oxygens (including phenoxy) is 4. The van der Waals surface area contributed by atoms with E-state index < -0.39 is 0 Å². The predicted molar refractivity (Wildman–Crippen MR) is 119 cm³/mol. The molecule has 0 aliphatic heterocycles. The first-order valence-electron chi connectivity index (χ1n) is 9.30. The Morgan fingerprint density at radius 3 is 2.32 bits per heavy atom.